The smallest absolute Gasteiger partial charge is 0.379 e. The number of amides is 1. The number of nitrogens with one attached hydrogen (secondary N) is 1. The van der Waals surface area contributed by atoms with E-state index in [1.165, 1.54) is 24.3 Å². The van der Waals surface area contributed by atoms with Gasteiger partial charge in [0.15, 0.2) is 0 Å². The molecule has 3 aromatic rings. The molecule has 1 fully saturated rings. The van der Waals surface area contributed by atoms with E-state index < -0.39 is 17.5 Å². The number of aromatic nitrogens is 1. The van der Waals surface area contributed by atoms with E-state index in [9.17, 15) is 22.4 Å². The number of oxime groups is 1. The van der Waals surface area contributed by atoms with Crippen molar-refractivity contribution in [3.05, 3.63) is 70.6 Å². The summed E-state index contributed by atoms with van der Waals surface area (Å²) in [6, 6.07) is 11.4. The van der Waals surface area contributed by atoms with Crippen LogP contribution < -0.4 is 10.2 Å². The van der Waals surface area contributed by atoms with Gasteiger partial charge in [0.05, 0.1) is 11.2 Å². The highest BCUT2D eigenvalue weighted by molar-refractivity contribution is 6.31. The van der Waals surface area contributed by atoms with Crippen molar-refractivity contribution in [1.29, 1.82) is 0 Å². The average molecular weight is 563 g/mol. The van der Waals surface area contributed by atoms with Crippen molar-refractivity contribution in [2.45, 2.75) is 62.9 Å². The van der Waals surface area contributed by atoms with Crippen molar-refractivity contribution < 1.29 is 27.2 Å². The van der Waals surface area contributed by atoms with Crippen molar-refractivity contribution in [1.82, 2.24) is 10.3 Å². The topological polar surface area (TPSA) is 66.8 Å². The van der Waals surface area contributed by atoms with Crippen LogP contribution in [0.2, 0.25) is 5.02 Å². The minimum Gasteiger partial charge on any atom is -0.379 e. The molecule has 0 bridgehead atoms. The number of fused-ring (bicyclic) bond motifs is 1. The Bertz CT molecular complexity index is 1420. The number of carbonyl (C=O) groups is 1. The number of pyridine rings is 1. The molecule has 39 heavy (non-hydrogen) atoms. The third kappa shape index (κ3) is 5.66. The molecule has 0 spiro atoms. The quantitative estimate of drug-likeness (QED) is 0.361. The summed E-state index contributed by atoms with van der Waals surface area (Å²) in [4.78, 5) is 24.3. The predicted molar refractivity (Wildman–Crippen MR) is 141 cm³/mol. The summed E-state index contributed by atoms with van der Waals surface area (Å²) < 4.78 is 54.0. The maximum absolute atomic E-state index is 13.6. The molecule has 1 amide bonds. The van der Waals surface area contributed by atoms with Crippen LogP contribution in [-0.2, 0) is 15.8 Å². The summed E-state index contributed by atoms with van der Waals surface area (Å²) in [5.74, 6) is -0.647. The largest absolute Gasteiger partial charge is 0.433 e. The predicted octanol–water partition coefficient (Wildman–Crippen LogP) is 6.49. The fraction of sp³-hybridized carbons (Fsp3) is 0.393. The molecular weight excluding hydrogens is 536 g/mol. The molecule has 1 saturated carbocycles. The minimum atomic E-state index is -4.58. The number of nitrogens with zero attached hydrogens (tertiary/aromatic N) is 3. The molecule has 11 heteroatoms. The highest BCUT2D eigenvalue weighted by atomic mass is 35.5. The van der Waals surface area contributed by atoms with Crippen LogP contribution in [0.15, 0.2) is 53.7 Å². The molecule has 1 atom stereocenters. The van der Waals surface area contributed by atoms with Crippen LogP contribution in [0.5, 0.6) is 0 Å². The van der Waals surface area contributed by atoms with Gasteiger partial charge in [-0.2, -0.15) is 13.2 Å². The van der Waals surface area contributed by atoms with Crippen molar-refractivity contribution in [3.8, 4) is 0 Å². The third-order valence-electron chi connectivity index (χ3n) is 7.52. The maximum atomic E-state index is 13.6. The van der Waals surface area contributed by atoms with Crippen LogP contribution in [0.25, 0.3) is 10.9 Å². The van der Waals surface area contributed by atoms with Crippen molar-refractivity contribution >= 4 is 39.8 Å². The standard InChI is InChI=1S/C28H27ClF4N4O2/c1-27(15-23(36-39-27)16-3-6-18(30)7-4-16)26(38)34-19-8-10-20(11-9-19)37(2)24-14-25(28(31,32)33)35-22-12-5-17(29)13-21(22)24/h3-7,12-14,19-20H,8-11,15H2,1-2H3,(H,34,38)/t19-,20+,27?. The highest BCUT2D eigenvalue weighted by Crippen LogP contribution is 2.37. The lowest BCUT2D eigenvalue weighted by Gasteiger charge is -2.37. The zero-order valence-electron chi connectivity index (χ0n) is 21.4. The van der Waals surface area contributed by atoms with Gasteiger partial charge >= 0.3 is 6.18 Å². The monoisotopic (exact) mass is 562 g/mol. The van der Waals surface area contributed by atoms with Crippen molar-refractivity contribution in [3.63, 3.8) is 0 Å². The lowest BCUT2D eigenvalue weighted by atomic mass is 9.88. The second-order valence-electron chi connectivity index (χ2n) is 10.3. The van der Waals surface area contributed by atoms with Gasteiger partial charge in [-0.1, -0.05) is 28.9 Å². The van der Waals surface area contributed by atoms with E-state index in [2.05, 4.69) is 15.5 Å². The molecule has 0 saturated heterocycles. The first kappa shape index (κ1) is 27.2. The van der Waals surface area contributed by atoms with Gasteiger partial charge in [0, 0.05) is 41.6 Å². The number of hydrogen-bond acceptors (Lipinski definition) is 5. The zero-order valence-corrected chi connectivity index (χ0v) is 22.1. The van der Waals surface area contributed by atoms with Gasteiger partial charge in [-0.05, 0) is 74.6 Å². The Labute approximate surface area is 228 Å². The Morgan fingerprint density at radius 2 is 1.79 bits per heavy atom. The van der Waals surface area contributed by atoms with E-state index in [-0.39, 0.29) is 35.7 Å². The first-order valence-corrected chi connectivity index (χ1v) is 13.0. The van der Waals surface area contributed by atoms with Gasteiger partial charge in [-0.15, -0.1) is 0 Å². The van der Waals surface area contributed by atoms with E-state index in [4.69, 9.17) is 16.4 Å². The van der Waals surface area contributed by atoms with Gasteiger partial charge in [-0.3, -0.25) is 4.79 Å². The molecule has 2 heterocycles. The van der Waals surface area contributed by atoms with Gasteiger partial charge in [0.1, 0.15) is 11.5 Å². The second-order valence-corrected chi connectivity index (χ2v) is 10.8. The summed E-state index contributed by atoms with van der Waals surface area (Å²) in [7, 11) is 1.78. The number of hydrogen-bond donors (Lipinski definition) is 1. The zero-order chi connectivity index (χ0) is 27.9. The Morgan fingerprint density at radius 1 is 1.10 bits per heavy atom. The molecule has 0 radical (unpaired) electrons. The van der Waals surface area contributed by atoms with E-state index in [1.807, 2.05) is 4.90 Å². The summed E-state index contributed by atoms with van der Waals surface area (Å²) in [5, 5.41) is 8.08. The fourth-order valence-electron chi connectivity index (χ4n) is 5.22. The average Bonchev–Trinajstić information content (AvgIpc) is 3.31. The number of rotatable bonds is 5. The lowest BCUT2D eigenvalue weighted by molar-refractivity contribution is -0.142. The molecule has 1 N–H and O–H groups in total. The molecule has 1 aliphatic heterocycles. The van der Waals surface area contributed by atoms with Crippen LogP contribution in [0.3, 0.4) is 0 Å². The van der Waals surface area contributed by atoms with E-state index >= 15 is 0 Å². The lowest BCUT2D eigenvalue weighted by Crippen LogP contribution is -2.50. The number of benzene rings is 2. The van der Waals surface area contributed by atoms with Gasteiger partial charge < -0.3 is 15.1 Å². The third-order valence-corrected chi connectivity index (χ3v) is 7.75. The summed E-state index contributed by atoms with van der Waals surface area (Å²) in [5.41, 5.74) is -0.229. The van der Waals surface area contributed by atoms with E-state index in [1.54, 1.807) is 32.2 Å². The normalized spacial score (nSPS) is 23.3. The molecular formula is C28H27ClF4N4O2. The fourth-order valence-corrected chi connectivity index (χ4v) is 5.39. The molecule has 206 valence electrons. The van der Waals surface area contributed by atoms with Crippen molar-refractivity contribution in [2.75, 3.05) is 11.9 Å². The van der Waals surface area contributed by atoms with E-state index in [0.717, 1.165) is 6.07 Å². The summed E-state index contributed by atoms with van der Waals surface area (Å²) in [6.45, 7) is 1.67. The molecule has 1 aliphatic carbocycles. The molecule has 2 aliphatic rings. The summed E-state index contributed by atoms with van der Waals surface area (Å²) >= 11 is 6.15. The van der Waals surface area contributed by atoms with Crippen LogP contribution in [0.1, 0.15) is 50.3 Å². The van der Waals surface area contributed by atoms with Crippen molar-refractivity contribution in [2.24, 2.45) is 5.16 Å². The molecule has 1 unspecified atom stereocenters. The first-order valence-electron chi connectivity index (χ1n) is 12.7. The van der Waals surface area contributed by atoms with Crippen LogP contribution in [-0.4, -0.2) is 41.3 Å². The SMILES string of the molecule is CN(c1cc(C(F)(F)F)nc2ccc(Cl)cc12)[C@H]1CC[C@@H](NC(=O)C2(C)CC(c3ccc(F)cc3)=NO2)CC1. The first-order chi connectivity index (χ1) is 18.4. The van der Waals surface area contributed by atoms with E-state index in [0.29, 0.717) is 53.1 Å². The molecule has 2 aromatic carbocycles. The van der Waals surface area contributed by atoms with Gasteiger partial charge in [0.2, 0.25) is 5.60 Å². The van der Waals surface area contributed by atoms with Crippen LogP contribution in [0, 0.1) is 5.82 Å². The van der Waals surface area contributed by atoms with Crippen LogP contribution >= 0.6 is 11.6 Å². The molecule has 6 nitrogen and oxygen atoms in total. The molecule has 1 aromatic heterocycles. The Kier molecular flexibility index (Phi) is 7.17. The highest BCUT2D eigenvalue weighted by Gasteiger charge is 2.43. The maximum Gasteiger partial charge on any atom is 0.433 e. The second kappa shape index (κ2) is 10.3. The Morgan fingerprint density at radius 3 is 2.46 bits per heavy atom. The van der Waals surface area contributed by atoms with Gasteiger partial charge in [-0.25, -0.2) is 9.37 Å². The Hall–Kier alpha value is -3.40. The molecule has 5 rings (SSSR count). The number of halogens is 5. The number of anilines is 1. The minimum absolute atomic E-state index is 0.0319. The van der Waals surface area contributed by atoms with Gasteiger partial charge in [0.25, 0.3) is 5.91 Å². The number of carbonyl (C=O) groups excluding carboxylic acids is 1. The number of alkyl halides is 3. The van der Waals surface area contributed by atoms with Crippen LogP contribution in [0.4, 0.5) is 23.2 Å². The summed E-state index contributed by atoms with van der Waals surface area (Å²) in [6.07, 6.45) is -1.69. The Balaban J connectivity index is 1.23.